The molecule has 0 heterocycles. The van der Waals surface area contributed by atoms with Gasteiger partial charge in [-0.1, -0.05) is 0 Å². The first-order valence-electron chi connectivity index (χ1n) is 3.96. The van der Waals surface area contributed by atoms with E-state index in [1.807, 2.05) is 0 Å². The van der Waals surface area contributed by atoms with Crippen molar-refractivity contribution >= 4 is 5.91 Å². The molecule has 0 radical (unpaired) electrons. The minimum atomic E-state index is -4.96. The fourth-order valence-electron chi connectivity index (χ4n) is 0.744. The molecule has 0 aliphatic heterocycles. The maximum atomic E-state index is 12.4. The summed E-state index contributed by atoms with van der Waals surface area (Å²) in [6, 6.07) is 0. The van der Waals surface area contributed by atoms with E-state index < -0.39 is 37.4 Å². The SMILES string of the molecule is CN(CCC(F)(F)F)C(=O)C(F)(F)C(F)F. The van der Waals surface area contributed by atoms with Gasteiger partial charge in [0.25, 0.3) is 5.91 Å². The van der Waals surface area contributed by atoms with E-state index in [4.69, 9.17) is 0 Å². The molecule has 0 aromatic heterocycles. The number of hydrogen-bond acceptors (Lipinski definition) is 1. The van der Waals surface area contributed by atoms with Crippen LogP contribution in [0.3, 0.4) is 0 Å². The Morgan fingerprint density at radius 3 is 1.94 bits per heavy atom. The van der Waals surface area contributed by atoms with Crippen LogP contribution in [0.25, 0.3) is 0 Å². The van der Waals surface area contributed by atoms with Crippen molar-refractivity contribution in [3.8, 4) is 0 Å². The number of halogens is 7. The second kappa shape index (κ2) is 4.88. The summed E-state index contributed by atoms with van der Waals surface area (Å²) in [6.45, 7) is -1.09. The molecule has 0 unspecified atom stereocenters. The number of rotatable bonds is 4. The van der Waals surface area contributed by atoms with Crippen LogP contribution < -0.4 is 0 Å². The Morgan fingerprint density at radius 1 is 1.19 bits per heavy atom. The molecule has 96 valence electrons. The van der Waals surface area contributed by atoms with Gasteiger partial charge in [-0.3, -0.25) is 4.79 Å². The van der Waals surface area contributed by atoms with Crippen molar-refractivity contribution in [2.75, 3.05) is 13.6 Å². The number of carbonyl (C=O) groups is 1. The number of amides is 1. The van der Waals surface area contributed by atoms with E-state index in [9.17, 15) is 35.5 Å². The first kappa shape index (κ1) is 15.0. The third-order valence-corrected chi connectivity index (χ3v) is 1.64. The molecule has 0 fully saturated rings. The van der Waals surface area contributed by atoms with E-state index in [0.29, 0.717) is 7.05 Å². The summed E-state index contributed by atoms with van der Waals surface area (Å²) in [6.07, 6.45) is -10.4. The Hall–Kier alpha value is -1.02. The number of hydrogen-bond donors (Lipinski definition) is 0. The Labute approximate surface area is 86.0 Å². The Kier molecular flexibility index (Phi) is 4.56. The topological polar surface area (TPSA) is 20.3 Å². The van der Waals surface area contributed by atoms with Gasteiger partial charge in [-0.15, -0.1) is 0 Å². The molecule has 2 nitrogen and oxygen atoms in total. The lowest BCUT2D eigenvalue weighted by Crippen LogP contribution is -2.46. The molecule has 16 heavy (non-hydrogen) atoms. The van der Waals surface area contributed by atoms with Crippen LogP contribution in [0, 0.1) is 0 Å². The van der Waals surface area contributed by atoms with Crippen molar-refractivity contribution in [3.05, 3.63) is 0 Å². The van der Waals surface area contributed by atoms with E-state index >= 15 is 0 Å². The monoisotopic (exact) mass is 255 g/mol. The molecule has 0 N–H and O–H groups in total. The summed E-state index contributed by atoms with van der Waals surface area (Å²) >= 11 is 0. The molecule has 0 aliphatic rings. The largest absolute Gasteiger partial charge is 0.390 e. The quantitative estimate of drug-likeness (QED) is 0.706. The maximum absolute atomic E-state index is 12.4. The average Bonchev–Trinajstić information content (AvgIpc) is 2.11. The van der Waals surface area contributed by atoms with Gasteiger partial charge >= 0.3 is 18.5 Å². The van der Waals surface area contributed by atoms with Gasteiger partial charge in [0, 0.05) is 13.6 Å². The standard InChI is InChI=1S/C7H8F7NO/c1-15(3-2-6(10,11)12)5(16)7(13,14)4(8)9/h4H,2-3H2,1H3. The van der Waals surface area contributed by atoms with Crippen LogP contribution in [0.1, 0.15) is 6.42 Å². The van der Waals surface area contributed by atoms with Crippen LogP contribution in [0.5, 0.6) is 0 Å². The van der Waals surface area contributed by atoms with Gasteiger partial charge in [0.05, 0.1) is 6.42 Å². The predicted molar refractivity (Wildman–Crippen MR) is 39.3 cm³/mol. The molecule has 0 spiro atoms. The second-order valence-corrected chi connectivity index (χ2v) is 3.02. The minimum absolute atomic E-state index is 0.0698. The number of alkyl halides is 7. The third kappa shape index (κ3) is 4.23. The molecule has 0 saturated carbocycles. The van der Waals surface area contributed by atoms with E-state index in [2.05, 4.69) is 0 Å². The van der Waals surface area contributed by atoms with Gasteiger partial charge in [-0.05, 0) is 0 Å². The van der Waals surface area contributed by atoms with Crippen molar-refractivity contribution in [1.29, 1.82) is 0 Å². The molecule has 0 aliphatic carbocycles. The highest BCUT2D eigenvalue weighted by molar-refractivity contribution is 5.83. The van der Waals surface area contributed by atoms with Crippen LogP contribution in [0.4, 0.5) is 30.7 Å². The lowest BCUT2D eigenvalue weighted by atomic mass is 10.3. The zero-order valence-electron chi connectivity index (χ0n) is 7.99. The Balaban J connectivity index is 4.41. The smallest absolute Gasteiger partial charge is 0.340 e. The fraction of sp³-hybridized carbons (Fsp3) is 0.857. The summed E-state index contributed by atoms with van der Waals surface area (Å²) in [5.41, 5.74) is 0. The average molecular weight is 255 g/mol. The fourth-order valence-corrected chi connectivity index (χ4v) is 0.744. The van der Waals surface area contributed by atoms with E-state index in [1.165, 1.54) is 0 Å². The van der Waals surface area contributed by atoms with Crippen molar-refractivity contribution < 1.29 is 35.5 Å². The lowest BCUT2D eigenvalue weighted by molar-refractivity contribution is -0.182. The molecular formula is C7H8F7NO. The van der Waals surface area contributed by atoms with Crippen molar-refractivity contribution in [2.45, 2.75) is 24.9 Å². The normalized spacial score (nSPS) is 13.1. The van der Waals surface area contributed by atoms with Crippen LogP contribution in [-0.2, 0) is 4.79 Å². The van der Waals surface area contributed by atoms with Gasteiger partial charge in [-0.25, -0.2) is 8.78 Å². The molecule has 0 bridgehead atoms. The van der Waals surface area contributed by atoms with E-state index in [0.717, 1.165) is 0 Å². The summed E-state index contributed by atoms with van der Waals surface area (Å²) in [7, 11) is 0.602. The molecule has 9 heteroatoms. The summed E-state index contributed by atoms with van der Waals surface area (Å²) < 4.78 is 83.1. The van der Waals surface area contributed by atoms with Crippen molar-refractivity contribution in [3.63, 3.8) is 0 Å². The molecule has 1 amide bonds. The van der Waals surface area contributed by atoms with E-state index in [1.54, 1.807) is 0 Å². The Morgan fingerprint density at radius 2 is 1.62 bits per heavy atom. The minimum Gasteiger partial charge on any atom is -0.340 e. The highest BCUT2D eigenvalue weighted by Gasteiger charge is 2.50. The first-order valence-corrected chi connectivity index (χ1v) is 3.96. The summed E-state index contributed by atoms with van der Waals surface area (Å²) in [5.74, 6) is -7.29. The van der Waals surface area contributed by atoms with E-state index in [-0.39, 0.29) is 4.90 Å². The summed E-state index contributed by atoms with van der Waals surface area (Å²) in [5, 5.41) is 0. The Bertz CT molecular complexity index is 250. The zero-order valence-corrected chi connectivity index (χ0v) is 7.99. The van der Waals surface area contributed by atoms with Crippen LogP contribution in [-0.4, -0.2) is 42.9 Å². The van der Waals surface area contributed by atoms with Gasteiger partial charge in [0.15, 0.2) is 0 Å². The molecule has 0 saturated heterocycles. The highest BCUT2D eigenvalue weighted by Crippen LogP contribution is 2.26. The number of carbonyl (C=O) groups excluding carboxylic acids is 1. The van der Waals surface area contributed by atoms with Gasteiger partial charge in [0.1, 0.15) is 0 Å². The lowest BCUT2D eigenvalue weighted by Gasteiger charge is -2.23. The molecule has 0 rings (SSSR count). The second-order valence-electron chi connectivity index (χ2n) is 3.02. The van der Waals surface area contributed by atoms with Crippen LogP contribution in [0.15, 0.2) is 0 Å². The highest BCUT2D eigenvalue weighted by atomic mass is 19.4. The van der Waals surface area contributed by atoms with Gasteiger partial charge in [-0.2, -0.15) is 22.0 Å². The van der Waals surface area contributed by atoms with Crippen molar-refractivity contribution in [2.24, 2.45) is 0 Å². The molecule has 0 atom stereocenters. The zero-order chi connectivity index (χ0) is 13.1. The first-order chi connectivity index (χ1) is 6.98. The third-order valence-electron chi connectivity index (χ3n) is 1.64. The van der Waals surface area contributed by atoms with Crippen LogP contribution in [0.2, 0.25) is 0 Å². The maximum Gasteiger partial charge on any atom is 0.390 e. The van der Waals surface area contributed by atoms with Gasteiger partial charge in [0.2, 0.25) is 0 Å². The summed E-state index contributed by atoms with van der Waals surface area (Å²) in [4.78, 5) is 10.6. The van der Waals surface area contributed by atoms with Gasteiger partial charge < -0.3 is 4.90 Å². The van der Waals surface area contributed by atoms with Crippen LogP contribution >= 0.6 is 0 Å². The molecule has 0 aromatic rings. The molecular weight excluding hydrogens is 247 g/mol. The molecule has 0 aromatic carbocycles. The number of nitrogens with zero attached hydrogens (tertiary/aromatic N) is 1. The van der Waals surface area contributed by atoms with Crippen molar-refractivity contribution in [1.82, 2.24) is 4.90 Å². The predicted octanol–water partition coefficient (Wildman–Crippen LogP) is 2.30.